The van der Waals surface area contributed by atoms with Crippen LogP contribution in [0.15, 0.2) is 54.6 Å². The summed E-state index contributed by atoms with van der Waals surface area (Å²) in [6.07, 6.45) is -4.43. The van der Waals surface area contributed by atoms with Gasteiger partial charge in [0.15, 0.2) is 0 Å². The van der Waals surface area contributed by atoms with E-state index in [9.17, 15) is 22.7 Å². The average Bonchev–Trinajstić information content (AvgIpc) is 2.55. The topological polar surface area (TPSA) is 46.0 Å². The molecular weight excluding hydrogens is 324 g/mol. The fourth-order valence-corrected chi connectivity index (χ4v) is 2.26. The van der Waals surface area contributed by atoms with Crippen LogP contribution in [-0.2, 0) is 6.18 Å². The van der Waals surface area contributed by atoms with Gasteiger partial charge in [0.1, 0.15) is 11.5 Å². The molecule has 1 heterocycles. The quantitative estimate of drug-likeness (QED) is 0.693. The lowest BCUT2D eigenvalue weighted by molar-refractivity contribution is -0.137. The van der Waals surface area contributed by atoms with Crippen molar-refractivity contribution in [3.05, 3.63) is 66.0 Å². The van der Waals surface area contributed by atoms with E-state index in [2.05, 4.69) is 10.2 Å². The highest BCUT2D eigenvalue weighted by molar-refractivity contribution is 5.80. The van der Waals surface area contributed by atoms with Crippen LogP contribution in [0.5, 0.6) is 5.88 Å². The normalized spacial score (nSPS) is 11.5. The van der Waals surface area contributed by atoms with Crippen molar-refractivity contribution in [2.45, 2.75) is 6.18 Å². The number of hydrogen-bond donors (Lipinski definition) is 1. The minimum absolute atomic E-state index is 0.326. The summed E-state index contributed by atoms with van der Waals surface area (Å²) in [4.78, 5) is 0. The van der Waals surface area contributed by atoms with Crippen LogP contribution >= 0.6 is 0 Å². The molecule has 0 amide bonds. The van der Waals surface area contributed by atoms with Gasteiger partial charge in [-0.05, 0) is 42.0 Å². The van der Waals surface area contributed by atoms with Crippen molar-refractivity contribution < 1.29 is 22.7 Å². The Hall–Kier alpha value is -2.96. The first-order valence-corrected chi connectivity index (χ1v) is 6.85. The molecule has 1 N–H and O–H groups in total. The summed E-state index contributed by atoms with van der Waals surface area (Å²) in [6.45, 7) is 0. The summed E-state index contributed by atoms with van der Waals surface area (Å²) in [5.74, 6) is -0.794. The number of nitrogens with zero attached hydrogens (tertiary/aromatic N) is 2. The molecule has 1 aromatic heterocycles. The number of aromatic nitrogens is 2. The average molecular weight is 334 g/mol. The van der Waals surface area contributed by atoms with E-state index in [0.717, 1.165) is 12.1 Å². The molecule has 0 aliphatic heterocycles. The fraction of sp³-hybridized carbons (Fsp3) is 0.0588. The lowest BCUT2D eigenvalue weighted by atomic mass is 9.99. The van der Waals surface area contributed by atoms with Crippen molar-refractivity contribution >= 4 is 0 Å². The van der Waals surface area contributed by atoms with Gasteiger partial charge in [-0.2, -0.15) is 13.2 Å². The number of hydrogen-bond acceptors (Lipinski definition) is 3. The highest BCUT2D eigenvalue weighted by Gasteiger charge is 2.30. The van der Waals surface area contributed by atoms with Crippen LogP contribution < -0.4 is 0 Å². The first-order chi connectivity index (χ1) is 11.3. The van der Waals surface area contributed by atoms with Crippen molar-refractivity contribution in [1.29, 1.82) is 0 Å². The van der Waals surface area contributed by atoms with Gasteiger partial charge in [-0.25, -0.2) is 4.39 Å². The van der Waals surface area contributed by atoms with Crippen LogP contribution in [-0.4, -0.2) is 15.3 Å². The third-order valence-electron chi connectivity index (χ3n) is 3.42. The molecule has 0 bridgehead atoms. The largest absolute Gasteiger partial charge is 0.492 e. The zero-order valence-corrected chi connectivity index (χ0v) is 12.0. The first-order valence-electron chi connectivity index (χ1n) is 6.85. The van der Waals surface area contributed by atoms with Crippen molar-refractivity contribution in [2.75, 3.05) is 0 Å². The summed E-state index contributed by atoms with van der Waals surface area (Å²) >= 11 is 0. The molecule has 24 heavy (non-hydrogen) atoms. The lowest BCUT2D eigenvalue weighted by Crippen LogP contribution is -2.04. The summed E-state index contributed by atoms with van der Waals surface area (Å²) < 4.78 is 51.1. The molecule has 0 radical (unpaired) electrons. The van der Waals surface area contributed by atoms with Gasteiger partial charge >= 0.3 is 6.18 Å². The molecule has 0 spiro atoms. The van der Waals surface area contributed by atoms with Crippen LogP contribution in [0.4, 0.5) is 17.6 Å². The van der Waals surface area contributed by atoms with Crippen molar-refractivity contribution in [3.8, 4) is 28.3 Å². The summed E-state index contributed by atoms with van der Waals surface area (Å²) in [6, 6.07) is 11.2. The van der Waals surface area contributed by atoms with Gasteiger partial charge in [0.2, 0.25) is 5.88 Å². The molecule has 0 atom stereocenters. The number of halogens is 4. The Morgan fingerprint density at radius 2 is 1.38 bits per heavy atom. The molecule has 122 valence electrons. The minimum atomic E-state index is -4.43. The highest BCUT2D eigenvalue weighted by atomic mass is 19.4. The zero-order valence-electron chi connectivity index (χ0n) is 12.0. The first kappa shape index (κ1) is 15.9. The summed E-state index contributed by atoms with van der Waals surface area (Å²) in [5, 5.41) is 17.0. The maximum absolute atomic E-state index is 13.1. The van der Waals surface area contributed by atoms with Crippen molar-refractivity contribution in [3.63, 3.8) is 0 Å². The van der Waals surface area contributed by atoms with Gasteiger partial charge < -0.3 is 5.11 Å². The van der Waals surface area contributed by atoms with E-state index in [1.54, 1.807) is 0 Å². The molecule has 0 unspecified atom stereocenters. The van der Waals surface area contributed by atoms with E-state index in [1.807, 2.05) is 0 Å². The summed E-state index contributed by atoms with van der Waals surface area (Å²) in [7, 11) is 0. The smallest absolute Gasteiger partial charge is 0.416 e. The lowest BCUT2D eigenvalue weighted by Gasteiger charge is -2.11. The van der Waals surface area contributed by atoms with E-state index < -0.39 is 17.6 Å². The van der Waals surface area contributed by atoms with Crippen LogP contribution in [0.1, 0.15) is 5.56 Å². The maximum atomic E-state index is 13.1. The van der Waals surface area contributed by atoms with E-state index in [1.165, 1.54) is 42.5 Å². The second kappa shape index (κ2) is 5.92. The van der Waals surface area contributed by atoms with E-state index in [4.69, 9.17) is 0 Å². The molecule has 3 aromatic rings. The number of benzene rings is 2. The van der Waals surface area contributed by atoms with E-state index >= 15 is 0 Å². The third kappa shape index (κ3) is 3.19. The molecule has 7 heteroatoms. The van der Waals surface area contributed by atoms with Crippen LogP contribution in [0, 0.1) is 5.82 Å². The van der Waals surface area contributed by atoms with Gasteiger partial charge in [-0.1, -0.05) is 12.1 Å². The Bertz CT molecular complexity index is 859. The van der Waals surface area contributed by atoms with Crippen molar-refractivity contribution in [2.24, 2.45) is 0 Å². The Morgan fingerprint density at radius 1 is 0.792 bits per heavy atom. The predicted molar refractivity (Wildman–Crippen MR) is 79.5 cm³/mol. The van der Waals surface area contributed by atoms with Gasteiger partial charge in [-0.15, -0.1) is 10.2 Å². The molecule has 2 aromatic carbocycles. The van der Waals surface area contributed by atoms with Gasteiger partial charge in [0.25, 0.3) is 0 Å². The molecule has 0 fully saturated rings. The maximum Gasteiger partial charge on any atom is 0.416 e. The molecular formula is C17H10F4N2O. The molecule has 3 nitrogen and oxygen atoms in total. The van der Waals surface area contributed by atoms with Gasteiger partial charge in [0, 0.05) is 17.2 Å². The number of alkyl halides is 3. The molecule has 0 saturated carbocycles. The fourth-order valence-electron chi connectivity index (χ4n) is 2.26. The predicted octanol–water partition coefficient (Wildman–Crippen LogP) is 4.67. The van der Waals surface area contributed by atoms with Crippen LogP contribution in [0.2, 0.25) is 0 Å². The van der Waals surface area contributed by atoms with Crippen LogP contribution in [0.3, 0.4) is 0 Å². The third-order valence-corrected chi connectivity index (χ3v) is 3.42. The highest BCUT2D eigenvalue weighted by Crippen LogP contribution is 2.34. The number of aromatic hydroxyl groups is 1. The molecule has 0 aliphatic carbocycles. The van der Waals surface area contributed by atoms with Crippen molar-refractivity contribution in [1.82, 2.24) is 10.2 Å². The van der Waals surface area contributed by atoms with E-state index in [-0.39, 0.29) is 5.88 Å². The van der Waals surface area contributed by atoms with Crippen LogP contribution in [0.25, 0.3) is 22.4 Å². The van der Waals surface area contributed by atoms with Gasteiger partial charge in [0.05, 0.1) is 5.56 Å². The summed E-state index contributed by atoms with van der Waals surface area (Å²) in [5.41, 5.74) is 0.891. The SMILES string of the molecule is Oc1cc(-c2ccc(C(F)(F)F)cc2)c(-c2ccc(F)cc2)nn1. The monoisotopic (exact) mass is 334 g/mol. The Labute approximate surface area is 134 Å². The number of rotatable bonds is 2. The van der Waals surface area contributed by atoms with E-state index in [0.29, 0.717) is 22.4 Å². The molecule has 3 rings (SSSR count). The molecule has 0 saturated heterocycles. The molecule has 0 aliphatic rings. The van der Waals surface area contributed by atoms with Gasteiger partial charge in [-0.3, -0.25) is 0 Å². The Kier molecular flexibility index (Phi) is 3.92. The Balaban J connectivity index is 2.10. The second-order valence-electron chi connectivity index (χ2n) is 5.05. The Morgan fingerprint density at radius 3 is 1.96 bits per heavy atom. The zero-order chi connectivity index (χ0) is 17.3. The minimum Gasteiger partial charge on any atom is -0.492 e. The second-order valence-corrected chi connectivity index (χ2v) is 5.05. The standard InChI is InChI=1S/C17H10F4N2O/c18-13-7-3-11(4-8-13)16-14(9-15(24)22-23-16)10-1-5-12(6-2-10)17(19,20)21/h1-9H,(H,22,24).